The van der Waals surface area contributed by atoms with Gasteiger partial charge >= 0.3 is 6.03 Å². The number of hydrogen-bond acceptors (Lipinski definition) is 2. The maximum absolute atomic E-state index is 11.7. The summed E-state index contributed by atoms with van der Waals surface area (Å²) in [6.07, 6.45) is 3.36. The van der Waals surface area contributed by atoms with Gasteiger partial charge in [0.1, 0.15) is 5.75 Å². The molecule has 0 bridgehead atoms. The topological polar surface area (TPSA) is 61.4 Å². The number of aromatic hydroxyl groups is 1. The first-order valence-electron chi connectivity index (χ1n) is 6.65. The third-order valence-electron chi connectivity index (χ3n) is 2.97. The summed E-state index contributed by atoms with van der Waals surface area (Å²) in [4.78, 5) is 11.7. The standard InChI is InChI=1S/C17H18N2O2/c1-12-3-6-14(7-4-12)9-10-18-17(21)19-15-8-5-13(2)11-16(15)20/h3-11,20H,1-2H3,(H2,18,19,21)/b10-9+. The van der Waals surface area contributed by atoms with E-state index in [1.54, 1.807) is 24.4 Å². The molecule has 4 nitrogen and oxygen atoms in total. The van der Waals surface area contributed by atoms with E-state index in [1.165, 1.54) is 5.56 Å². The summed E-state index contributed by atoms with van der Waals surface area (Å²) in [6, 6.07) is 12.6. The van der Waals surface area contributed by atoms with E-state index in [2.05, 4.69) is 10.6 Å². The molecule has 2 rings (SSSR count). The monoisotopic (exact) mass is 282 g/mol. The van der Waals surface area contributed by atoms with Crippen molar-refractivity contribution in [1.29, 1.82) is 0 Å². The fourth-order valence-corrected chi connectivity index (χ4v) is 1.80. The van der Waals surface area contributed by atoms with Gasteiger partial charge in [0.25, 0.3) is 0 Å². The van der Waals surface area contributed by atoms with Crippen molar-refractivity contribution in [2.24, 2.45) is 0 Å². The zero-order valence-corrected chi connectivity index (χ0v) is 12.1. The van der Waals surface area contributed by atoms with Crippen LogP contribution in [0.5, 0.6) is 5.75 Å². The van der Waals surface area contributed by atoms with Gasteiger partial charge in [-0.3, -0.25) is 0 Å². The van der Waals surface area contributed by atoms with Gasteiger partial charge in [0, 0.05) is 6.20 Å². The Balaban J connectivity index is 1.91. The van der Waals surface area contributed by atoms with Gasteiger partial charge in [0.2, 0.25) is 0 Å². The summed E-state index contributed by atoms with van der Waals surface area (Å²) in [6.45, 7) is 3.89. The van der Waals surface area contributed by atoms with Crippen LogP contribution in [0.15, 0.2) is 48.7 Å². The quantitative estimate of drug-likeness (QED) is 0.750. The van der Waals surface area contributed by atoms with Crippen molar-refractivity contribution < 1.29 is 9.90 Å². The first-order chi connectivity index (χ1) is 10.0. The summed E-state index contributed by atoms with van der Waals surface area (Å²) in [5, 5.41) is 14.9. The number of phenolic OH excluding ortho intramolecular Hbond substituents is 1. The number of benzene rings is 2. The highest BCUT2D eigenvalue weighted by atomic mass is 16.3. The van der Waals surface area contributed by atoms with Crippen LogP contribution in [0.2, 0.25) is 0 Å². The molecule has 2 amide bonds. The number of anilines is 1. The molecule has 4 heteroatoms. The Bertz CT molecular complexity index is 661. The number of nitrogens with one attached hydrogen (secondary N) is 2. The number of hydrogen-bond donors (Lipinski definition) is 3. The van der Waals surface area contributed by atoms with Crippen LogP contribution in [-0.4, -0.2) is 11.1 Å². The minimum Gasteiger partial charge on any atom is -0.506 e. The maximum atomic E-state index is 11.7. The van der Waals surface area contributed by atoms with Gasteiger partial charge in [-0.15, -0.1) is 0 Å². The summed E-state index contributed by atoms with van der Waals surface area (Å²) < 4.78 is 0. The molecule has 0 spiro atoms. The molecule has 0 radical (unpaired) electrons. The average Bonchev–Trinajstić information content (AvgIpc) is 2.44. The van der Waals surface area contributed by atoms with Crippen molar-refractivity contribution in [3.05, 3.63) is 65.4 Å². The number of aryl methyl sites for hydroxylation is 2. The second kappa shape index (κ2) is 6.61. The number of urea groups is 1. The van der Waals surface area contributed by atoms with Crippen LogP contribution in [0, 0.1) is 13.8 Å². The highest BCUT2D eigenvalue weighted by molar-refractivity contribution is 5.91. The molecule has 0 aliphatic rings. The zero-order valence-electron chi connectivity index (χ0n) is 12.1. The zero-order chi connectivity index (χ0) is 15.2. The van der Waals surface area contributed by atoms with Gasteiger partial charge < -0.3 is 15.7 Å². The second-order valence-electron chi connectivity index (χ2n) is 4.86. The molecule has 0 aromatic heterocycles. The molecule has 2 aromatic rings. The van der Waals surface area contributed by atoms with Crippen LogP contribution in [0.1, 0.15) is 16.7 Å². The third-order valence-corrected chi connectivity index (χ3v) is 2.97. The van der Waals surface area contributed by atoms with Crippen molar-refractivity contribution >= 4 is 17.8 Å². The van der Waals surface area contributed by atoms with E-state index in [4.69, 9.17) is 0 Å². The van der Waals surface area contributed by atoms with E-state index in [1.807, 2.05) is 44.2 Å². The Morgan fingerprint density at radius 2 is 1.71 bits per heavy atom. The second-order valence-corrected chi connectivity index (χ2v) is 4.86. The number of rotatable bonds is 3. The third kappa shape index (κ3) is 4.38. The smallest absolute Gasteiger partial charge is 0.323 e. The van der Waals surface area contributed by atoms with Crippen molar-refractivity contribution in [2.45, 2.75) is 13.8 Å². The van der Waals surface area contributed by atoms with Crippen LogP contribution < -0.4 is 10.6 Å². The van der Waals surface area contributed by atoms with E-state index >= 15 is 0 Å². The fraction of sp³-hybridized carbons (Fsp3) is 0.118. The van der Waals surface area contributed by atoms with Crippen molar-refractivity contribution in [2.75, 3.05) is 5.32 Å². The molecule has 3 N–H and O–H groups in total. The largest absolute Gasteiger partial charge is 0.506 e. The predicted molar refractivity (Wildman–Crippen MR) is 85.2 cm³/mol. The van der Waals surface area contributed by atoms with Gasteiger partial charge in [-0.1, -0.05) is 35.9 Å². The number of carbonyl (C=O) groups is 1. The van der Waals surface area contributed by atoms with Crippen molar-refractivity contribution in [3.8, 4) is 5.75 Å². The summed E-state index contributed by atoms with van der Waals surface area (Å²) >= 11 is 0. The van der Waals surface area contributed by atoms with Gasteiger partial charge in [-0.2, -0.15) is 0 Å². The minimum atomic E-state index is -0.405. The van der Waals surface area contributed by atoms with Gasteiger partial charge in [-0.05, 0) is 43.2 Å². The fourth-order valence-electron chi connectivity index (χ4n) is 1.80. The number of phenols is 1. The molecule has 108 valence electrons. The van der Waals surface area contributed by atoms with Gasteiger partial charge in [0.15, 0.2) is 0 Å². The van der Waals surface area contributed by atoms with Crippen LogP contribution in [0.25, 0.3) is 6.08 Å². The lowest BCUT2D eigenvalue weighted by molar-refractivity contribution is 0.255. The normalized spacial score (nSPS) is 10.6. The first-order valence-corrected chi connectivity index (χ1v) is 6.65. The molecular formula is C17H18N2O2. The van der Waals surface area contributed by atoms with Crippen LogP contribution in [-0.2, 0) is 0 Å². The highest BCUT2D eigenvalue weighted by Crippen LogP contribution is 2.23. The maximum Gasteiger partial charge on any atom is 0.323 e. The molecule has 0 fully saturated rings. The van der Waals surface area contributed by atoms with Crippen molar-refractivity contribution in [1.82, 2.24) is 5.32 Å². The van der Waals surface area contributed by atoms with Crippen LogP contribution in [0.4, 0.5) is 10.5 Å². The molecule has 0 heterocycles. The highest BCUT2D eigenvalue weighted by Gasteiger charge is 2.04. The Labute approximate surface area is 124 Å². The SMILES string of the molecule is Cc1ccc(/C=C/NC(=O)Nc2ccc(C)cc2O)cc1. The van der Waals surface area contributed by atoms with E-state index in [0.717, 1.165) is 11.1 Å². The van der Waals surface area contributed by atoms with E-state index in [-0.39, 0.29) is 5.75 Å². The molecule has 0 aliphatic carbocycles. The van der Waals surface area contributed by atoms with E-state index in [9.17, 15) is 9.90 Å². The summed E-state index contributed by atoms with van der Waals surface area (Å²) in [7, 11) is 0. The molecular weight excluding hydrogens is 264 g/mol. The first kappa shape index (κ1) is 14.7. The Morgan fingerprint density at radius 1 is 1.05 bits per heavy atom. The Hall–Kier alpha value is -2.75. The lowest BCUT2D eigenvalue weighted by Gasteiger charge is -2.07. The molecule has 0 saturated heterocycles. The Morgan fingerprint density at radius 3 is 2.38 bits per heavy atom. The average molecular weight is 282 g/mol. The molecule has 0 unspecified atom stereocenters. The molecule has 0 atom stereocenters. The van der Waals surface area contributed by atoms with Gasteiger partial charge in [-0.25, -0.2) is 4.79 Å². The molecule has 0 saturated carbocycles. The minimum absolute atomic E-state index is 0.0488. The lowest BCUT2D eigenvalue weighted by Crippen LogP contribution is -2.23. The van der Waals surface area contributed by atoms with Crippen LogP contribution >= 0.6 is 0 Å². The van der Waals surface area contributed by atoms with Crippen molar-refractivity contribution in [3.63, 3.8) is 0 Å². The molecule has 2 aromatic carbocycles. The molecule has 21 heavy (non-hydrogen) atoms. The summed E-state index contributed by atoms with van der Waals surface area (Å²) in [5.41, 5.74) is 3.49. The van der Waals surface area contributed by atoms with E-state index in [0.29, 0.717) is 5.69 Å². The lowest BCUT2D eigenvalue weighted by atomic mass is 10.1. The predicted octanol–water partition coefficient (Wildman–Crippen LogP) is 3.80. The molecule has 0 aliphatic heterocycles. The number of carbonyl (C=O) groups excluding carboxylic acids is 1. The van der Waals surface area contributed by atoms with Crippen LogP contribution in [0.3, 0.4) is 0 Å². The van der Waals surface area contributed by atoms with E-state index < -0.39 is 6.03 Å². The number of amides is 2. The van der Waals surface area contributed by atoms with Gasteiger partial charge in [0.05, 0.1) is 5.69 Å². The summed E-state index contributed by atoms with van der Waals surface area (Å²) in [5.74, 6) is 0.0488. The Kier molecular flexibility index (Phi) is 4.61.